The average molecular weight is 412 g/mol. The van der Waals surface area contributed by atoms with E-state index in [0.29, 0.717) is 37.7 Å². The van der Waals surface area contributed by atoms with Gasteiger partial charge in [0.25, 0.3) is 5.91 Å². The van der Waals surface area contributed by atoms with Crippen molar-refractivity contribution < 1.29 is 19.1 Å². The summed E-state index contributed by atoms with van der Waals surface area (Å²) in [6, 6.07) is 1.80. The molecule has 0 aromatic carbocycles. The van der Waals surface area contributed by atoms with Crippen LogP contribution in [0.4, 0.5) is 4.79 Å². The topological polar surface area (TPSA) is 109 Å². The highest BCUT2D eigenvalue weighted by Crippen LogP contribution is 2.28. The van der Waals surface area contributed by atoms with Crippen LogP contribution < -0.4 is 5.32 Å². The van der Waals surface area contributed by atoms with Crippen molar-refractivity contribution >= 4 is 23.7 Å². The number of imidazole rings is 1. The minimum Gasteiger partial charge on any atom is -0.447 e. The number of hydrogen-bond donors (Lipinski definition) is 1. The van der Waals surface area contributed by atoms with Crippen LogP contribution in [0.3, 0.4) is 0 Å². The van der Waals surface area contributed by atoms with E-state index in [1.54, 1.807) is 34.0 Å². The molecule has 3 aliphatic rings. The number of nitrogens with one attached hydrogen (secondary N) is 1. The van der Waals surface area contributed by atoms with Crippen LogP contribution in [-0.4, -0.2) is 80.4 Å². The molecular weight excluding hydrogens is 388 g/mol. The summed E-state index contributed by atoms with van der Waals surface area (Å²) in [5.41, 5.74) is 0.345. The quantitative estimate of drug-likeness (QED) is 0.794. The fourth-order valence-electron chi connectivity index (χ4n) is 4.63. The highest BCUT2D eigenvalue weighted by atomic mass is 16.6. The summed E-state index contributed by atoms with van der Waals surface area (Å²) in [5, 5.41) is 3.04. The molecule has 4 heterocycles. The number of rotatable bonds is 3. The Kier molecular flexibility index (Phi) is 4.76. The molecular formula is C20H24N6O4. The van der Waals surface area contributed by atoms with Crippen LogP contribution in [0.15, 0.2) is 24.7 Å². The molecule has 3 fully saturated rings. The van der Waals surface area contributed by atoms with E-state index in [1.807, 2.05) is 4.90 Å². The number of carbonyl (C=O) groups is 3. The molecule has 0 spiro atoms. The van der Waals surface area contributed by atoms with E-state index in [-0.39, 0.29) is 35.9 Å². The standard InChI is InChI=1S/C20H24N6O4/c27-17(16-11-25-7-1-6-21-19(25)23-16)22-14-4-2-13(3-5-14)18(28)24-8-9-26-15(10-24)12-30-20(26)29/h1,6-7,11,13-15H,2-5,8-10,12H2,(H,22,27). The van der Waals surface area contributed by atoms with Crippen molar-refractivity contribution in [3.05, 3.63) is 30.4 Å². The monoisotopic (exact) mass is 412 g/mol. The summed E-state index contributed by atoms with van der Waals surface area (Å²) in [7, 11) is 0. The molecule has 2 saturated heterocycles. The second kappa shape index (κ2) is 7.58. The van der Waals surface area contributed by atoms with Crippen LogP contribution in [0.1, 0.15) is 36.2 Å². The summed E-state index contributed by atoms with van der Waals surface area (Å²) in [6.07, 6.45) is 7.86. The highest BCUT2D eigenvalue weighted by Gasteiger charge is 2.40. The average Bonchev–Trinajstić information content (AvgIpc) is 3.37. The molecule has 1 N–H and O–H groups in total. The van der Waals surface area contributed by atoms with Crippen LogP contribution in [0.2, 0.25) is 0 Å². The van der Waals surface area contributed by atoms with Crippen molar-refractivity contribution in [2.24, 2.45) is 5.92 Å². The summed E-state index contributed by atoms with van der Waals surface area (Å²) in [5.74, 6) is 0.413. The maximum atomic E-state index is 12.9. The number of fused-ring (bicyclic) bond motifs is 2. The fraction of sp³-hybridized carbons (Fsp3) is 0.550. The van der Waals surface area contributed by atoms with Crippen LogP contribution in [0, 0.1) is 5.92 Å². The van der Waals surface area contributed by atoms with Gasteiger partial charge in [-0.3, -0.25) is 18.9 Å². The molecule has 1 atom stereocenters. The summed E-state index contributed by atoms with van der Waals surface area (Å²) in [6.45, 7) is 2.00. The Hall–Kier alpha value is -3.17. The van der Waals surface area contributed by atoms with E-state index in [9.17, 15) is 14.4 Å². The number of piperazine rings is 1. The Morgan fingerprint density at radius 3 is 2.80 bits per heavy atom. The molecule has 10 heteroatoms. The summed E-state index contributed by atoms with van der Waals surface area (Å²) < 4.78 is 6.79. The number of cyclic esters (lactones) is 1. The Morgan fingerprint density at radius 1 is 1.17 bits per heavy atom. The van der Waals surface area contributed by atoms with Gasteiger partial charge in [0.15, 0.2) is 0 Å². The lowest BCUT2D eigenvalue weighted by Crippen LogP contribution is -2.55. The molecule has 5 rings (SSSR count). The summed E-state index contributed by atoms with van der Waals surface area (Å²) in [4.78, 5) is 49.1. The van der Waals surface area contributed by atoms with E-state index in [0.717, 1.165) is 25.7 Å². The first-order chi connectivity index (χ1) is 14.6. The molecule has 0 bridgehead atoms. The van der Waals surface area contributed by atoms with Gasteiger partial charge in [-0.15, -0.1) is 0 Å². The molecule has 2 aromatic rings. The molecule has 1 unspecified atom stereocenters. The van der Waals surface area contributed by atoms with Crippen molar-refractivity contribution in [1.29, 1.82) is 0 Å². The Bertz CT molecular complexity index is 950. The second-order valence-electron chi connectivity index (χ2n) is 8.18. The van der Waals surface area contributed by atoms with E-state index >= 15 is 0 Å². The van der Waals surface area contributed by atoms with Crippen LogP contribution in [-0.2, 0) is 9.53 Å². The molecule has 158 valence electrons. The molecule has 2 aromatic heterocycles. The zero-order valence-electron chi connectivity index (χ0n) is 16.6. The molecule has 3 amide bonds. The zero-order chi connectivity index (χ0) is 20.7. The molecule has 1 aliphatic carbocycles. The first-order valence-corrected chi connectivity index (χ1v) is 10.4. The zero-order valence-corrected chi connectivity index (χ0v) is 16.6. The molecule has 1 saturated carbocycles. The van der Waals surface area contributed by atoms with E-state index in [2.05, 4.69) is 15.3 Å². The lowest BCUT2D eigenvalue weighted by atomic mass is 9.85. The predicted molar refractivity (Wildman–Crippen MR) is 105 cm³/mol. The second-order valence-corrected chi connectivity index (χ2v) is 8.18. The van der Waals surface area contributed by atoms with Gasteiger partial charge in [-0.2, -0.15) is 0 Å². The number of hydrogen-bond acceptors (Lipinski definition) is 6. The number of carbonyl (C=O) groups excluding carboxylic acids is 3. The lowest BCUT2D eigenvalue weighted by Gasteiger charge is -2.38. The molecule has 2 aliphatic heterocycles. The van der Waals surface area contributed by atoms with Crippen molar-refractivity contribution in [2.45, 2.75) is 37.8 Å². The third-order valence-corrected chi connectivity index (χ3v) is 6.31. The van der Waals surface area contributed by atoms with Crippen LogP contribution in [0.25, 0.3) is 5.78 Å². The van der Waals surface area contributed by atoms with Crippen molar-refractivity contribution in [3.8, 4) is 0 Å². The normalized spacial score (nSPS) is 26.4. The van der Waals surface area contributed by atoms with Gasteiger partial charge >= 0.3 is 6.09 Å². The first-order valence-electron chi connectivity index (χ1n) is 10.4. The van der Waals surface area contributed by atoms with Gasteiger partial charge in [0, 0.05) is 50.2 Å². The minimum atomic E-state index is -0.273. The van der Waals surface area contributed by atoms with Crippen molar-refractivity contribution in [1.82, 2.24) is 29.5 Å². The maximum absolute atomic E-state index is 12.9. The smallest absolute Gasteiger partial charge is 0.410 e. The Labute approximate surface area is 173 Å². The lowest BCUT2D eigenvalue weighted by molar-refractivity contribution is -0.138. The highest BCUT2D eigenvalue weighted by molar-refractivity contribution is 5.93. The van der Waals surface area contributed by atoms with Crippen molar-refractivity contribution in [3.63, 3.8) is 0 Å². The fourth-order valence-corrected chi connectivity index (χ4v) is 4.63. The van der Waals surface area contributed by atoms with E-state index in [4.69, 9.17) is 4.74 Å². The van der Waals surface area contributed by atoms with Gasteiger partial charge in [-0.25, -0.2) is 14.8 Å². The van der Waals surface area contributed by atoms with Crippen LogP contribution >= 0.6 is 0 Å². The third-order valence-electron chi connectivity index (χ3n) is 6.31. The minimum absolute atomic E-state index is 0.0225. The van der Waals surface area contributed by atoms with Gasteiger partial charge in [0.1, 0.15) is 12.3 Å². The number of nitrogens with zero attached hydrogens (tertiary/aromatic N) is 5. The summed E-state index contributed by atoms with van der Waals surface area (Å²) >= 11 is 0. The van der Waals surface area contributed by atoms with Gasteiger partial charge in [0.2, 0.25) is 11.7 Å². The van der Waals surface area contributed by atoms with Crippen LogP contribution in [0.5, 0.6) is 0 Å². The predicted octanol–water partition coefficient (Wildman–Crippen LogP) is 0.681. The maximum Gasteiger partial charge on any atom is 0.410 e. The van der Waals surface area contributed by atoms with Gasteiger partial charge in [-0.05, 0) is 31.7 Å². The van der Waals surface area contributed by atoms with Gasteiger partial charge in [-0.1, -0.05) is 0 Å². The number of aromatic nitrogens is 3. The SMILES string of the molecule is O=C(NC1CCC(C(=O)N2CCN3C(=O)OCC3C2)CC1)c1cn2cccnc2n1. The number of ether oxygens (including phenoxy) is 1. The molecule has 0 radical (unpaired) electrons. The Morgan fingerprint density at radius 2 is 2.00 bits per heavy atom. The number of amides is 3. The van der Waals surface area contributed by atoms with Gasteiger partial charge < -0.3 is 15.0 Å². The molecule has 30 heavy (non-hydrogen) atoms. The largest absolute Gasteiger partial charge is 0.447 e. The Balaban J connectivity index is 1.13. The first kappa shape index (κ1) is 18.8. The van der Waals surface area contributed by atoms with E-state index in [1.165, 1.54) is 0 Å². The van der Waals surface area contributed by atoms with Gasteiger partial charge in [0.05, 0.1) is 6.04 Å². The molecule has 10 nitrogen and oxygen atoms in total. The third kappa shape index (κ3) is 3.46. The van der Waals surface area contributed by atoms with Crippen molar-refractivity contribution in [2.75, 3.05) is 26.2 Å². The van der Waals surface area contributed by atoms with E-state index < -0.39 is 0 Å².